The lowest BCUT2D eigenvalue weighted by atomic mass is 9.89. The van der Waals surface area contributed by atoms with Crippen LogP contribution in [0.5, 0.6) is 0 Å². The molecule has 6 heteroatoms. The standard InChI is InChI=1S/C11H17N3O2S/c12-10-7-11(8-10)14-17(15,16)6-3-9-1-4-13-5-2-9/h1-2,4-5,10-11,14H,3,6-8,12H2. The summed E-state index contributed by atoms with van der Waals surface area (Å²) in [5.74, 6) is 0.114. The first-order chi connectivity index (χ1) is 8.05. The minimum absolute atomic E-state index is 0.0347. The molecular weight excluding hydrogens is 238 g/mol. The van der Waals surface area contributed by atoms with Gasteiger partial charge in [0.1, 0.15) is 0 Å². The lowest BCUT2D eigenvalue weighted by Gasteiger charge is -2.32. The third-order valence-electron chi connectivity index (χ3n) is 2.93. The maximum absolute atomic E-state index is 11.7. The van der Waals surface area contributed by atoms with E-state index >= 15 is 0 Å². The minimum Gasteiger partial charge on any atom is -0.328 e. The van der Waals surface area contributed by atoms with E-state index in [4.69, 9.17) is 5.73 Å². The lowest BCUT2D eigenvalue weighted by molar-refractivity contribution is 0.327. The number of hydrogen-bond donors (Lipinski definition) is 2. The Hall–Kier alpha value is -0.980. The van der Waals surface area contributed by atoms with E-state index < -0.39 is 10.0 Å². The summed E-state index contributed by atoms with van der Waals surface area (Å²) in [6, 6.07) is 3.85. The molecule has 94 valence electrons. The number of nitrogens with zero attached hydrogens (tertiary/aromatic N) is 1. The second-order valence-corrected chi connectivity index (χ2v) is 6.34. The van der Waals surface area contributed by atoms with Crippen molar-refractivity contribution >= 4 is 10.0 Å². The minimum atomic E-state index is -3.19. The quantitative estimate of drug-likeness (QED) is 0.777. The molecule has 1 aromatic heterocycles. The summed E-state index contributed by atoms with van der Waals surface area (Å²) < 4.78 is 26.2. The molecule has 0 radical (unpaired) electrons. The number of rotatable bonds is 5. The highest BCUT2D eigenvalue weighted by molar-refractivity contribution is 7.89. The van der Waals surface area contributed by atoms with E-state index in [9.17, 15) is 8.42 Å². The first-order valence-corrected chi connectivity index (χ1v) is 7.35. The molecule has 1 heterocycles. The summed E-state index contributed by atoms with van der Waals surface area (Å²) in [6.07, 6.45) is 5.33. The lowest BCUT2D eigenvalue weighted by Crippen LogP contribution is -2.50. The third-order valence-corrected chi connectivity index (χ3v) is 4.36. The van der Waals surface area contributed by atoms with Crippen LogP contribution in [0.2, 0.25) is 0 Å². The fourth-order valence-electron chi connectivity index (χ4n) is 1.87. The maximum Gasteiger partial charge on any atom is 0.212 e. The van der Waals surface area contributed by atoms with Gasteiger partial charge in [0.15, 0.2) is 0 Å². The van der Waals surface area contributed by atoms with Crippen LogP contribution in [0.4, 0.5) is 0 Å². The highest BCUT2D eigenvalue weighted by Crippen LogP contribution is 2.18. The molecule has 17 heavy (non-hydrogen) atoms. The molecule has 0 bridgehead atoms. The molecule has 1 saturated carbocycles. The molecule has 0 spiro atoms. The molecule has 1 aromatic rings. The van der Waals surface area contributed by atoms with Crippen LogP contribution in [-0.4, -0.2) is 31.2 Å². The van der Waals surface area contributed by atoms with E-state index in [1.165, 1.54) is 0 Å². The van der Waals surface area contributed by atoms with Gasteiger partial charge in [0.25, 0.3) is 0 Å². The van der Waals surface area contributed by atoms with E-state index in [0.29, 0.717) is 6.42 Å². The van der Waals surface area contributed by atoms with Crippen molar-refractivity contribution in [2.75, 3.05) is 5.75 Å². The number of nitrogens with two attached hydrogens (primary N) is 1. The van der Waals surface area contributed by atoms with Gasteiger partial charge in [-0.3, -0.25) is 4.98 Å². The Morgan fingerprint density at radius 2 is 2.00 bits per heavy atom. The summed E-state index contributed by atoms with van der Waals surface area (Å²) in [6.45, 7) is 0. The van der Waals surface area contributed by atoms with E-state index in [0.717, 1.165) is 18.4 Å². The van der Waals surface area contributed by atoms with Crippen molar-refractivity contribution in [2.24, 2.45) is 5.73 Å². The van der Waals surface area contributed by atoms with Crippen LogP contribution < -0.4 is 10.5 Å². The fourth-order valence-corrected chi connectivity index (χ4v) is 3.20. The second-order valence-electron chi connectivity index (χ2n) is 4.47. The van der Waals surface area contributed by atoms with Crippen molar-refractivity contribution in [2.45, 2.75) is 31.3 Å². The first kappa shape index (κ1) is 12.5. The van der Waals surface area contributed by atoms with Gasteiger partial charge in [-0.25, -0.2) is 13.1 Å². The Balaban J connectivity index is 1.81. The summed E-state index contributed by atoms with van der Waals surface area (Å²) in [4.78, 5) is 3.89. The monoisotopic (exact) mass is 255 g/mol. The van der Waals surface area contributed by atoms with Crippen molar-refractivity contribution < 1.29 is 8.42 Å². The molecule has 0 aliphatic heterocycles. The molecule has 3 N–H and O–H groups in total. The van der Waals surface area contributed by atoms with Crippen LogP contribution in [-0.2, 0) is 16.4 Å². The van der Waals surface area contributed by atoms with Crippen LogP contribution in [0.1, 0.15) is 18.4 Å². The number of sulfonamides is 1. The van der Waals surface area contributed by atoms with Gasteiger partial charge in [0.2, 0.25) is 10.0 Å². The van der Waals surface area contributed by atoms with Crippen molar-refractivity contribution in [1.82, 2.24) is 9.71 Å². The fraction of sp³-hybridized carbons (Fsp3) is 0.545. The number of nitrogens with one attached hydrogen (secondary N) is 1. The van der Waals surface area contributed by atoms with Crippen LogP contribution in [0, 0.1) is 0 Å². The third kappa shape index (κ3) is 3.76. The largest absolute Gasteiger partial charge is 0.328 e. The van der Waals surface area contributed by atoms with Gasteiger partial charge < -0.3 is 5.73 Å². The Morgan fingerprint density at radius 1 is 1.35 bits per heavy atom. The van der Waals surface area contributed by atoms with Gasteiger partial charge in [-0.1, -0.05) is 0 Å². The molecule has 2 rings (SSSR count). The van der Waals surface area contributed by atoms with Gasteiger partial charge in [0.05, 0.1) is 5.75 Å². The predicted molar refractivity (Wildman–Crippen MR) is 65.9 cm³/mol. The molecule has 0 amide bonds. The molecule has 0 atom stereocenters. The number of aromatic nitrogens is 1. The summed E-state index contributed by atoms with van der Waals surface area (Å²) >= 11 is 0. The zero-order valence-electron chi connectivity index (χ0n) is 9.54. The Labute approximate surface area is 101 Å². The molecule has 0 saturated heterocycles. The zero-order chi connectivity index (χ0) is 12.3. The molecule has 1 fully saturated rings. The summed E-state index contributed by atoms with van der Waals surface area (Å²) in [5.41, 5.74) is 6.59. The van der Waals surface area contributed by atoms with Crippen molar-refractivity contribution in [1.29, 1.82) is 0 Å². The van der Waals surface area contributed by atoms with E-state index in [2.05, 4.69) is 9.71 Å². The van der Waals surface area contributed by atoms with Crippen molar-refractivity contribution in [3.05, 3.63) is 30.1 Å². The Kier molecular flexibility index (Phi) is 3.76. The maximum atomic E-state index is 11.7. The number of hydrogen-bond acceptors (Lipinski definition) is 4. The van der Waals surface area contributed by atoms with E-state index in [1.807, 2.05) is 12.1 Å². The molecule has 0 aromatic carbocycles. The van der Waals surface area contributed by atoms with E-state index in [-0.39, 0.29) is 17.8 Å². The van der Waals surface area contributed by atoms with Gasteiger partial charge in [-0.2, -0.15) is 0 Å². The zero-order valence-corrected chi connectivity index (χ0v) is 10.4. The summed E-state index contributed by atoms with van der Waals surface area (Å²) in [7, 11) is -3.19. The van der Waals surface area contributed by atoms with Crippen LogP contribution in [0.15, 0.2) is 24.5 Å². The predicted octanol–water partition coefficient (Wildman–Crippen LogP) is 0.0332. The first-order valence-electron chi connectivity index (χ1n) is 5.70. The molecule has 0 unspecified atom stereocenters. The summed E-state index contributed by atoms with van der Waals surface area (Å²) in [5, 5.41) is 0. The van der Waals surface area contributed by atoms with Crippen LogP contribution >= 0.6 is 0 Å². The highest BCUT2D eigenvalue weighted by Gasteiger charge is 2.29. The van der Waals surface area contributed by atoms with Crippen molar-refractivity contribution in [3.8, 4) is 0 Å². The average molecular weight is 255 g/mol. The molecule has 1 aliphatic rings. The topological polar surface area (TPSA) is 85.1 Å². The number of pyridine rings is 1. The molecule has 5 nitrogen and oxygen atoms in total. The smallest absolute Gasteiger partial charge is 0.212 e. The van der Waals surface area contributed by atoms with Gasteiger partial charge in [-0.05, 0) is 37.0 Å². The van der Waals surface area contributed by atoms with Gasteiger partial charge in [-0.15, -0.1) is 0 Å². The van der Waals surface area contributed by atoms with Crippen LogP contribution in [0.3, 0.4) is 0 Å². The molecule has 1 aliphatic carbocycles. The average Bonchev–Trinajstić information content (AvgIpc) is 2.26. The van der Waals surface area contributed by atoms with Gasteiger partial charge >= 0.3 is 0 Å². The number of aryl methyl sites for hydroxylation is 1. The van der Waals surface area contributed by atoms with E-state index in [1.54, 1.807) is 12.4 Å². The van der Waals surface area contributed by atoms with Crippen molar-refractivity contribution in [3.63, 3.8) is 0 Å². The normalized spacial score (nSPS) is 24.3. The Morgan fingerprint density at radius 3 is 2.59 bits per heavy atom. The Bertz CT molecular complexity index is 455. The molecular formula is C11H17N3O2S. The van der Waals surface area contributed by atoms with Gasteiger partial charge in [0, 0.05) is 24.5 Å². The SMILES string of the molecule is NC1CC(NS(=O)(=O)CCc2ccncc2)C1. The second kappa shape index (κ2) is 5.12. The van der Waals surface area contributed by atoms with Crippen LogP contribution in [0.25, 0.3) is 0 Å². The highest BCUT2D eigenvalue weighted by atomic mass is 32.2.